The number of amides is 1. The van der Waals surface area contributed by atoms with Crippen molar-refractivity contribution in [3.8, 4) is 11.5 Å². The van der Waals surface area contributed by atoms with Crippen molar-refractivity contribution in [3.63, 3.8) is 0 Å². The maximum Gasteiger partial charge on any atom is 0.271 e. The van der Waals surface area contributed by atoms with Crippen LogP contribution in [0.25, 0.3) is 10.2 Å². The fraction of sp³-hybridized carbons (Fsp3) is 0.0952. The molecule has 6 nitrogen and oxygen atoms in total. The zero-order valence-corrected chi connectivity index (χ0v) is 17.1. The van der Waals surface area contributed by atoms with E-state index in [-0.39, 0.29) is 17.2 Å². The van der Waals surface area contributed by atoms with Crippen molar-refractivity contribution >= 4 is 44.9 Å². The second kappa shape index (κ2) is 8.50. The van der Waals surface area contributed by atoms with Crippen molar-refractivity contribution in [2.45, 2.75) is 5.16 Å². The van der Waals surface area contributed by atoms with E-state index in [0.29, 0.717) is 32.6 Å². The van der Waals surface area contributed by atoms with Crippen LogP contribution in [0.4, 0.5) is 5.69 Å². The molecule has 0 saturated heterocycles. The van der Waals surface area contributed by atoms with Gasteiger partial charge in [0, 0.05) is 7.05 Å². The molecule has 0 radical (unpaired) electrons. The van der Waals surface area contributed by atoms with Gasteiger partial charge in [-0.2, -0.15) is 0 Å². The first-order chi connectivity index (χ1) is 14.1. The lowest BCUT2D eigenvalue weighted by Crippen LogP contribution is -2.20. The number of ether oxygens (including phenoxy) is 1. The van der Waals surface area contributed by atoms with Gasteiger partial charge in [-0.3, -0.25) is 14.2 Å². The van der Waals surface area contributed by atoms with Crippen LogP contribution in [-0.2, 0) is 11.8 Å². The Morgan fingerprint density at radius 3 is 2.72 bits per heavy atom. The van der Waals surface area contributed by atoms with Crippen LogP contribution in [0.2, 0.25) is 0 Å². The van der Waals surface area contributed by atoms with Crippen molar-refractivity contribution in [2.75, 3.05) is 11.1 Å². The molecule has 0 aliphatic heterocycles. The summed E-state index contributed by atoms with van der Waals surface area (Å²) in [4.78, 5) is 29.3. The van der Waals surface area contributed by atoms with Gasteiger partial charge in [-0.05, 0) is 35.7 Å². The number of benzene rings is 2. The van der Waals surface area contributed by atoms with Crippen molar-refractivity contribution in [3.05, 3.63) is 76.4 Å². The second-order valence-electron chi connectivity index (χ2n) is 6.14. The van der Waals surface area contributed by atoms with E-state index in [1.165, 1.54) is 27.7 Å². The molecule has 2 heterocycles. The van der Waals surface area contributed by atoms with E-state index in [1.54, 1.807) is 19.2 Å². The Balaban J connectivity index is 1.46. The Labute approximate surface area is 175 Å². The number of aromatic nitrogens is 2. The molecule has 0 saturated carbocycles. The molecule has 1 N–H and O–H groups in total. The monoisotopic (exact) mass is 423 g/mol. The Bertz CT molecular complexity index is 1220. The molecule has 2 aromatic heterocycles. The first-order valence-electron chi connectivity index (χ1n) is 8.80. The van der Waals surface area contributed by atoms with Crippen LogP contribution >= 0.6 is 23.1 Å². The normalized spacial score (nSPS) is 10.8. The summed E-state index contributed by atoms with van der Waals surface area (Å²) in [6.45, 7) is 0. The average molecular weight is 424 g/mol. The topological polar surface area (TPSA) is 73.2 Å². The summed E-state index contributed by atoms with van der Waals surface area (Å²) in [6.07, 6.45) is 0. The van der Waals surface area contributed by atoms with E-state index in [9.17, 15) is 9.59 Å². The predicted molar refractivity (Wildman–Crippen MR) is 117 cm³/mol. The van der Waals surface area contributed by atoms with Gasteiger partial charge in [0.1, 0.15) is 10.4 Å². The third kappa shape index (κ3) is 4.33. The zero-order chi connectivity index (χ0) is 20.2. The number of para-hydroxylation sites is 3. The standard InChI is InChI=1S/C21H17N3O3S2/c1-24-20(26)19-16(11-12-28-19)23-21(24)29-13-18(25)22-15-9-5-6-10-17(15)27-14-7-3-2-4-8-14/h2-12H,13H2,1H3,(H,22,25). The predicted octanol–water partition coefficient (Wildman–Crippen LogP) is 4.52. The molecule has 29 heavy (non-hydrogen) atoms. The number of fused-ring (bicyclic) bond motifs is 1. The number of nitrogens with zero attached hydrogens (tertiary/aromatic N) is 2. The van der Waals surface area contributed by atoms with Gasteiger partial charge in [0.2, 0.25) is 5.91 Å². The molecule has 4 aromatic rings. The molecule has 8 heteroatoms. The molecular weight excluding hydrogens is 406 g/mol. The van der Waals surface area contributed by atoms with E-state index in [2.05, 4.69) is 10.3 Å². The highest BCUT2D eigenvalue weighted by Gasteiger charge is 2.13. The van der Waals surface area contributed by atoms with Gasteiger partial charge in [-0.1, -0.05) is 42.1 Å². The molecular formula is C21H17N3O3S2. The van der Waals surface area contributed by atoms with E-state index in [0.717, 1.165) is 0 Å². The zero-order valence-electron chi connectivity index (χ0n) is 15.5. The van der Waals surface area contributed by atoms with Crippen LogP contribution < -0.4 is 15.6 Å². The minimum atomic E-state index is -0.209. The third-order valence-electron chi connectivity index (χ3n) is 4.11. The Morgan fingerprint density at radius 1 is 1.14 bits per heavy atom. The highest BCUT2D eigenvalue weighted by molar-refractivity contribution is 7.99. The van der Waals surface area contributed by atoms with E-state index in [1.807, 2.05) is 53.9 Å². The van der Waals surface area contributed by atoms with Gasteiger partial charge in [-0.25, -0.2) is 4.98 Å². The van der Waals surface area contributed by atoms with Crippen molar-refractivity contribution in [2.24, 2.45) is 7.05 Å². The van der Waals surface area contributed by atoms with Gasteiger partial charge < -0.3 is 10.1 Å². The highest BCUT2D eigenvalue weighted by atomic mass is 32.2. The lowest BCUT2D eigenvalue weighted by molar-refractivity contribution is -0.113. The first kappa shape index (κ1) is 19.2. The largest absolute Gasteiger partial charge is 0.455 e. The summed E-state index contributed by atoms with van der Waals surface area (Å²) < 4.78 is 7.96. The summed E-state index contributed by atoms with van der Waals surface area (Å²) in [7, 11) is 1.66. The van der Waals surface area contributed by atoms with Crippen LogP contribution in [0.15, 0.2) is 76.0 Å². The molecule has 0 aliphatic rings. The molecule has 146 valence electrons. The summed E-state index contributed by atoms with van der Waals surface area (Å²) in [6, 6.07) is 18.4. The van der Waals surface area contributed by atoms with E-state index >= 15 is 0 Å². The molecule has 0 aliphatic carbocycles. The lowest BCUT2D eigenvalue weighted by Gasteiger charge is -2.12. The van der Waals surface area contributed by atoms with E-state index in [4.69, 9.17) is 4.74 Å². The highest BCUT2D eigenvalue weighted by Crippen LogP contribution is 2.29. The van der Waals surface area contributed by atoms with Crippen LogP contribution in [-0.4, -0.2) is 21.2 Å². The smallest absolute Gasteiger partial charge is 0.271 e. The van der Waals surface area contributed by atoms with Crippen molar-refractivity contribution < 1.29 is 9.53 Å². The summed E-state index contributed by atoms with van der Waals surface area (Å²) in [5.74, 6) is 1.16. The van der Waals surface area contributed by atoms with Crippen LogP contribution in [0.5, 0.6) is 11.5 Å². The second-order valence-corrected chi connectivity index (χ2v) is 8.00. The van der Waals surface area contributed by atoms with E-state index < -0.39 is 0 Å². The quantitative estimate of drug-likeness (QED) is 0.365. The number of carbonyl (C=O) groups is 1. The minimum Gasteiger partial charge on any atom is -0.455 e. The maximum atomic E-state index is 12.5. The van der Waals surface area contributed by atoms with Crippen LogP contribution in [0.1, 0.15) is 0 Å². The Kier molecular flexibility index (Phi) is 5.64. The maximum absolute atomic E-state index is 12.5. The molecule has 0 unspecified atom stereocenters. The van der Waals surface area contributed by atoms with Gasteiger partial charge in [0.05, 0.1) is 17.0 Å². The number of rotatable bonds is 6. The molecule has 0 fully saturated rings. The Morgan fingerprint density at radius 2 is 1.90 bits per heavy atom. The number of nitrogens with one attached hydrogen (secondary N) is 1. The van der Waals surface area contributed by atoms with Crippen molar-refractivity contribution in [1.29, 1.82) is 0 Å². The summed E-state index contributed by atoms with van der Waals surface area (Å²) in [5.41, 5.74) is 1.13. The van der Waals surface area contributed by atoms with Gasteiger partial charge in [-0.15, -0.1) is 11.3 Å². The summed E-state index contributed by atoms with van der Waals surface area (Å²) >= 11 is 2.59. The fourth-order valence-corrected chi connectivity index (χ4v) is 4.26. The molecule has 4 rings (SSSR count). The number of hydrogen-bond acceptors (Lipinski definition) is 6. The SMILES string of the molecule is Cn1c(SCC(=O)Nc2ccccc2Oc2ccccc2)nc2ccsc2c1=O. The first-order valence-corrected chi connectivity index (χ1v) is 10.7. The van der Waals surface area contributed by atoms with Crippen molar-refractivity contribution in [1.82, 2.24) is 9.55 Å². The number of carbonyl (C=O) groups excluding carboxylic acids is 1. The molecule has 1 amide bonds. The van der Waals surface area contributed by atoms with Gasteiger partial charge in [0.25, 0.3) is 5.56 Å². The molecule has 2 aromatic carbocycles. The minimum absolute atomic E-state index is 0.102. The number of hydrogen-bond donors (Lipinski definition) is 1. The van der Waals surface area contributed by atoms with Gasteiger partial charge >= 0.3 is 0 Å². The average Bonchev–Trinajstić information content (AvgIpc) is 3.21. The molecule has 0 atom stereocenters. The van der Waals surface area contributed by atoms with Gasteiger partial charge in [0.15, 0.2) is 10.9 Å². The molecule has 0 spiro atoms. The molecule has 0 bridgehead atoms. The lowest BCUT2D eigenvalue weighted by atomic mass is 10.3. The Hall–Kier alpha value is -3.10. The summed E-state index contributed by atoms with van der Waals surface area (Å²) in [5, 5.41) is 5.21. The fourth-order valence-electron chi connectivity index (χ4n) is 2.69. The number of thiophene rings is 1. The third-order valence-corrected chi connectivity index (χ3v) is 6.03. The van der Waals surface area contributed by atoms with Crippen LogP contribution in [0.3, 0.4) is 0 Å². The number of thioether (sulfide) groups is 1. The number of anilines is 1. The van der Waals surface area contributed by atoms with Crippen LogP contribution in [0, 0.1) is 0 Å².